The monoisotopic (exact) mass is 354 g/mol. The van der Waals surface area contributed by atoms with Crippen LogP contribution in [0, 0.1) is 19.8 Å². The number of aromatic nitrogens is 2. The number of likely N-dealkylation sites (tertiary alicyclic amines) is 1. The number of rotatable bonds is 3. The Morgan fingerprint density at radius 3 is 2.54 bits per heavy atom. The van der Waals surface area contributed by atoms with Gasteiger partial charge in [-0.3, -0.25) is 0 Å². The highest BCUT2D eigenvalue weighted by Gasteiger charge is 2.25. The zero-order valence-electron chi connectivity index (χ0n) is 16.0. The first-order valence-corrected chi connectivity index (χ1v) is 10.1. The number of amides is 2. The molecule has 2 heterocycles. The lowest BCUT2D eigenvalue weighted by Gasteiger charge is -2.33. The molecule has 1 aromatic heterocycles. The molecule has 1 aliphatic carbocycles. The van der Waals surface area contributed by atoms with Crippen LogP contribution in [-0.2, 0) is 6.54 Å². The van der Waals surface area contributed by atoms with Crippen LogP contribution in [0.2, 0.25) is 0 Å². The Bertz CT molecular complexity index is 783. The molecule has 4 rings (SSSR count). The van der Waals surface area contributed by atoms with Gasteiger partial charge in [0.25, 0.3) is 0 Å². The maximum atomic E-state index is 12.4. The van der Waals surface area contributed by atoms with Crippen molar-refractivity contribution >= 4 is 17.1 Å². The van der Waals surface area contributed by atoms with Crippen LogP contribution < -0.4 is 5.32 Å². The van der Waals surface area contributed by atoms with Crippen molar-refractivity contribution in [3.8, 4) is 0 Å². The summed E-state index contributed by atoms with van der Waals surface area (Å²) in [4.78, 5) is 19.0. The number of nitrogens with one attached hydrogen (secondary N) is 1. The number of urea groups is 1. The number of fused-ring (bicyclic) bond motifs is 1. The molecule has 140 valence electrons. The van der Waals surface area contributed by atoms with Gasteiger partial charge in [0.1, 0.15) is 0 Å². The zero-order chi connectivity index (χ0) is 18.1. The zero-order valence-corrected chi connectivity index (χ0v) is 16.0. The molecule has 0 bridgehead atoms. The number of hydrogen-bond acceptors (Lipinski definition) is 2. The minimum atomic E-state index is 0.148. The molecule has 5 heteroatoms. The Morgan fingerprint density at radius 2 is 1.81 bits per heavy atom. The molecule has 2 aliphatic rings. The fourth-order valence-electron chi connectivity index (χ4n) is 4.39. The number of benzene rings is 1. The topological polar surface area (TPSA) is 50.2 Å². The Balaban J connectivity index is 1.34. The quantitative estimate of drug-likeness (QED) is 0.905. The average Bonchev–Trinajstić information content (AvgIpc) is 3.27. The van der Waals surface area contributed by atoms with E-state index >= 15 is 0 Å². The second kappa shape index (κ2) is 7.29. The highest BCUT2D eigenvalue weighted by molar-refractivity contribution is 5.77. The van der Waals surface area contributed by atoms with E-state index in [9.17, 15) is 4.79 Å². The molecule has 1 N–H and O–H groups in total. The smallest absolute Gasteiger partial charge is 0.317 e. The lowest BCUT2D eigenvalue weighted by molar-refractivity contribution is 0.163. The van der Waals surface area contributed by atoms with E-state index in [1.165, 1.54) is 29.5 Å². The highest BCUT2D eigenvalue weighted by Crippen LogP contribution is 2.24. The molecule has 0 unspecified atom stereocenters. The summed E-state index contributed by atoms with van der Waals surface area (Å²) in [5.41, 5.74) is 4.93. The summed E-state index contributed by atoms with van der Waals surface area (Å²) in [6.07, 6.45) is 8.92. The van der Waals surface area contributed by atoms with Gasteiger partial charge >= 0.3 is 6.03 Å². The molecule has 1 saturated carbocycles. The standard InChI is InChI=1S/C21H30N4O/c1-15-11-19-20(12-16(15)2)25(14-22-19)13-17-7-9-24(10-8-17)21(26)23-18-5-3-4-6-18/h11-12,14,17-18H,3-10,13H2,1-2H3,(H,23,26). The van der Waals surface area contributed by atoms with Crippen molar-refractivity contribution in [2.24, 2.45) is 5.92 Å². The molecule has 2 aromatic rings. The molecule has 2 fully saturated rings. The van der Waals surface area contributed by atoms with Crippen molar-refractivity contribution in [3.05, 3.63) is 29.6 Å². The third-order valence-electron chi connectivity index (χ3n) is 6.28. The first kappa shape index (κ1) is 17.4. The van der Waals surface area contributed by atoms with Gasteiger partial charge in [-0.05, 0) is 68.7 Å². The van der Waals surface area contributed by atoms with Crippen molar-refractivity contribution in [1.82, 2.24) is 19.8 Å². The number of piperidine rings is 1. The van der Waals surface area contributed by atoms with E-state index in [1.807, 2.05) is 11.2 Å². The third-order valence-corrected chi connectivity index (χ3v) is 6.28. The molecule has 26 heavy (non-hydrogen) atoms. The SMILES string of the molecule is Cc1cc2ncn(CC3CCN(C(=O)NC4CCCC4)CC3)c2cc1C. The van der Waals surface area contributed by atoms with Crippen LogP contribution in [0.3, 0.4) is 0 Å². The fourth-order valence-corrected chi connectivity index (χ4v) is 4.39. The predicted molar refractivity (Wildman–Crippen MR) is 104 cm³/mol. The van der Waals surface area contributed by atoms with Crippen LogP contribution in [0.5, 0.6) is 0 Å². The Hall–Kier alpha value is -2.04. The molecule has 1 saturated heterocycles. The first-order valence-electron chi connectivity index (χ1n) is 10.1. The largest absolute Gasteiger partial charge is 0.335 e. The van der Waals surface area contributed by atoms with Gasteiger partial charge in [0.2, 0.25) is 0 Å². The number of aryl methyl sites for hydroxylation is 2. The number of carbonyl (C=O) groups is 1. The van der Waals surface area contributed by atoms with Crippen molar-refractivity contribution in [3.63, 3.8) is 0 Å². The van der Waals surface area contributed by atoms with Gasteiger partial charge in [-0.25, -0.2) is 9.78 Å². The first-order chi connectivity index (χ1) is 12.6. The number of imidazole rings is 1. The van der Waals surface area contributed by atoms with Crippen LogP contribution in [0.25, 0.3) is 11.0 Å². The summed E-state index contributed by atoms with van der Waals surface area (Å²) in [5, 5.41) is 3.22. The highest BCUT2D eigenvalue weighted by atomic mass is 16.2. The molecular weight excluding hydrogens is 324 g/mol. The van der Waals surface area contributed by atoms with Crippen molar-refractivity contribution in [1.29, 1.82) is 0 Å². The summed E-state index contributed by atoms with van der Waals surface area (Å²) in [6, 6.07) is 4.98. The molecular formula is C21H30N4O. The number of carbonyl (C=O) groups excluding carboxylic acids is 1. The van der Waals surface area contributed by atoms with E-state index in [4.69, 9.17) is 0 Å². The second-order valence-corrected chi connectivity index (χ2v) is 8.18. The molecule has 1 aromatic carbocycles. The lowest BCUT2D eigenvalue weighted by atomic mass is 9.96. The second-order valence-electron chi connectivity index (χ2n) is 8.18. The van der Waals surface area contributed by atoms with Crippen molar-refractivity contribution < 1.29 is 4.79 Å². The van der Waals surface area contributed by atoms with Gasteiger partial charge in [0, 0.05) is 25.7 Å². The van der Waals surface area contributed by atoms with Crippen molar-refractivity contribution in [2.75, 3.05) is 13.1 Å². The summed E-state index contributed by atoms with van der Waals surface area (Å²) in [5.74, 6) is 0.615. The van der Waals surface area contributed by atoms with Crippen LogP contribution >= 0.6 is 0 Å². The van der Waals surface area contributed by atoms with Crippen LogP contribution in [0.15, 0.2) is 18.5 Å². The minimum absolute atomic E-state index is 0.148. The van der Waals surface area contributed by atoms with Gasteiger partial charge in [-0.15, -0.1) is 0 Å². The van der Waals surface area contributed by atoms with E-state index in [1.54, 1.807) is 0 Å². The molecule has 0 radical (unpaired) electrons. The summed E-state index contributed by atoms with van der Waals surface area (Å²) in [7, 11) is 0. The summed E-state index contributed by atoms with van der Waals surface area (Å²) < 4.78 is 2.29. The Morgan fingerprint density at radius 1 is 1.12 bits per heavy atom. The Kier molecular flexibility index (Phi) is 4.88. The lowest BCUT2D eigenvalue weighted by Crippen LogP contribution is -2.47. The molecule has 0 spiro atoms. The van der Waals surface area contributed by atoms with E-state index < -0.39 is 0 Å². The van der Waals surface area contributed by atoms with Gasteiger partial charge in [-0.2, -0.15) is 0 Å². The van der Waals surface area contributed by atoms with E-state index in [2.05, 4.69) is 40.8 Å². The maximum Gasteiger partial charge on any atom is 0.317 e. The van der Waals surface area contributed by atoms with Gasteiger partial charge in [0.05, 0.1) is 17.4 Å². The molecule has 1 aliphatic heterocycles. The third kappa shape index (κ3) is 3.57. The summed E-state index contributed by atoms with van der Waals surface area (Å²) in [6.45, 7) is 7.03. The van der Waals surface area contributed by atoms with Gasteiger partial charge in [-0.1, -0.05) is 12.8 Å². The Labute approximate surface area is 155 Å². The van der Waals surface area contributed by atoms with Crippen LogP contribution in [0.4, 0.5) is 4.79 Å². The minimum Gasteiger partial charge on any atom is -0.335 e. The predicted octanol–water partition coefficient (Wildman–Crippen LogP) is 4.02. The normalized spacial score (nSPS) is 19.4. The van der Waals surface area contributed by atoms with Gasteiger partial charge in [0.15, 0.2) is 0 Å². The number of hydrogen-bond donors (Lipinski definition) is 1. The van der Waals surface area contributed by atoms with E-state index in [0.29, 0.717) is 12.0 Å². The molecule has 2 amide bonds. The van der Waals surface area contributed by atoms with E-state index in [0.717, 1.165) is 50.8 Å². The van der Waals surface area contributed by atoms with Gasteiger partial charge < -0.3 is 14.8 Å². The molecule has 5 nitrogen and oxygen atoms in total. The van der Waals surface area contributed by atoms with E-state index in [-0.39, 0.29) is 6.03 Å². The van der Waals surface area contributed by atoms with Crippen LogP contribution in [0.1, 0.15) is 49.7 Å². The fraction of sp³-hybridized carbons (Fsp3) is 0.619. The van der Waals surface area contributed by atoms with Crippen molar-refractivity contribution in [2.45, 2.75) is 65.0 Å². The average molecular weight is 354 g/mol. The molecule has 0 atom stereocenters. The number of nitrogens with zero attached hydrogens (tertiary/aromatic N) is 3. The van der Waals surface area contributed by atoms with Crippen LogP contribution in [-0.4, -0.2) is 39.6 Å². The summed E-state index contributed by atoms with van der Waals surface area (Å²) >= 11 is 0. The maximum absolute atomic E-state index is 12.4.